The van der Waals surface area contributed by atoms with Gasteiger partial charge in [0.1, 0.15) is 17.1 Å². The number of nitrogens with zero attached hydrogens (tertiary/aromatic N) is 2. The first-order valence-electron chi connectivity index (χ1n) is 9.83. The second kappa shape index (κ2) is 9.71. The van der Waals surface area contributed by atoms with Crippen molar-refractivity contribution in [1.82, 2.24) is 4.90 Å². The highest BCUT2D eigenvalue weighted by atomic mass is 35.5. The topological polar surface area (TPSA) is 71.1 Å². The molecule has 0 aromatic heterocycles. The summed E-state index contributed by atoms with van der Waals surface area (Å²) in [7, 11) is 3.01. The number of carbonyl (C=O) groups is 2. The van der Waals surface area contributed by atoms with Crippen molar-refractivity contribution in [3.05, 3.63) is 47.0 Å². The number of anilines is 2. The molecule has 1 heterocycles. The predicted octanol–water partition coefficient (Wildman–Crippen LogP) is 3.67. The summed E-state index contributed by atoms with van der Waals surface area (Å²) in [4.78, 5) is 29.1. The molecule has 1 aliphatic rings. The molecule has 1 fully saturated rings. The van der Waals surface area contributed by atoms with Crippen molar-refractivity contribution in [2.75, 3.05) is 50.6 Å². The maximum absolute atomic E-state index is 13.1. The van der Waals surface area contributed by atoms with E-state index in [1.165, 1.54) is 14.2 Å². The maximum atomic E-state index is 13.1. The first-order chi connectivity index (χ1) is 14.5. The lowest BCUT2D eigenvalue weighted by Crippen LogP contribution is -2.48. The van der Waals surface area contributed by atoms with E-state index in [1.807, 2.05) is 17.9 Å². The van der Waals surface area contributed by atoms with Crippen LogP contribution in [0.5, 0.6) is 11.5 Å². The molecule has 8 heteroatoms. The predicted molar refractivity (Wildman–Crippen MR) is 118 cm³/mol. The second-order valence-electron chi connectivity index (χ2n) is 6.87. The number of methoxy groups -OCH3 is 2. The maximum Gasteiger partial charge on any atom is 0.263 e. The lowest BCUT2D eigenvalue weighted by atomic mass is 10.1. The molecule has 0 bridgehead atoms. The van der Waals surface area contributed by atoms with Gasteiger partial charge in [-0.15, -0.1) is 0 Å². The molecular formula is C22H26ClN3O4. The Balaban J connectivity index is 1.85. The van der Waals surface area contributed by atoms with E-state index < -0.39 is 0 Å². The van der Waals surface area contributed by atoms with Gasteiger partial charge in [-0.05, 0) is 30.3 Å². The van der Waals surface area contributed by atoms with Crippen LogP contribution in [0.25, 0.3) is 0 Å². The lowest BCUT2D eigenvalue weighted by molar-refractivity contribution is -0.131. The molecule has 30 heavy (non-hydrogen) atoms. The van der Waals surface area contributed by atoms with E-state index in [-0.39, 0.29) is 11.8 Å². The fourth-order valence-electron chi connectivity index (χ4n) is 3.56. The smallest absolute Gasteiger partial charge is 0.263 e. The van der Waals surface area contributed by atoms with Gasteiger partial charge in [-0.25, -0.2) is 0 Å². The first kappa shape index (κ1) is 21.8. The zero-order chi connectivity index (χ0) is 21.7. The second-order valence-corrected chi connectivity index (χ2v) is 7.31. The van der Waals surface area contributed by atoms with Gasteiger partial charge < -0.3 is 24.6 Å². The normalized spacial score (nSPS) is 13.7. The van der Waals surface area contributed by atoms with Crippen LogP contribution in [-0.4, -0.2) is 57.1 Å². The Bertz CT molecular complexity index is 904. The molecular weight excluding hydrogens is 406 g/mol. The first-order valence-corrected chi connectivity index (χ1v) is 10.2. The van der Waals surface area contributed by atoms with Crippen LogP contribution in [0.4, 0.5) is 11.4 Å². The van der Waals surface area contributed by atoms with Crippen molar-refractivity contribution in [1.29, 1.82) is 0 Å². The van der Waals surface area contributed by atoms with Crippen molar-refractivity contribution in [2.45, 2.75) is 13.3 Å². The van der Waals surface area contributed by atoms with E-state index in [4.69, 9.17) is 21.1 Å². The molecule has 1 aliphatic heterocycles. The minimum atomic E-state index is -0.354. The molecule has 0 aliphatic carbocycles. The molecule has 0 radical (unpaired) electrons. The number of amides is 2. The van der Waals surface area contributed by atoms with E-state index in [9.17, 15) is 9.59 Å². The Morgan fingerprint density at radius 2 is 1.67 bits per heavy atom. The summed E-state index contributed by atoms with van der Waals surface area (Å²) in [5.41, 5.74) is 1.76. The Kier molecular flexibility index (Phi) is 7.05. The number of hydrogen-bond donors (Lipinski definition) is 1. The molecule has 2 aromatic rings. The zero-order valence-electron chi connectivity index (χ0n) is 17.4. The molecule has 0 unspecified atom stereocenters. The number of ether oxygens (including phenoxy) is 2. The average molecular weight is 432 g/mol. The van der Waals surface area contributed by atoms with Gasteiger partial charge in [0.25, 0.3) is 5.91 Å². The number of rotatable bonds is 6. The Morgan fingerprint density at radius 1 is 1.03 bits per heavy atom. The molecule has 160 valence electrons. The van der Waals surface area contributed by atoms with Crippen LogP contribution in [0.2, 0.25) is 5.02 Å². The van der Waals surface area contributed by atoms with Gasteiger partial charge in [0.15, 0.2) is 0 Å². The third kappa shape index (κ3) is 4.62. The monoisotopic (exact) mass is 431 g/mol. The number of hydrogen-bond acceptors (Lipinski definition) is 5. The van der Waals surface area contributed by atoms with Crippen LogP contribution in [0, 0.1) is 0 Å². The summed E-state index contributed by atoms with van der Waals surface area (Å²) >= 11 is 6.21. The minimum absolute atomic E-state index is 0.155. The van der Waals surface area contributed by atoms with Gasteiger partial charge in [0.2, 0.25) is 5.91 Å². The summed E-state index contributed by atoms with van der Waals surface area (Å²) < 4.78 is 10.7. The van der Waals surface area contributed by atoms with Gasteiger partial charge in [-0.1, -0.05) is 24.6 Å². The molecule has 3 rings (SSSR count). The third-order valence-corrected chi connectivity index (χ3v) is 5.37. The summed E-state index contributed by atoms with van der Waals surface area (Å²) in [6, 6.07) is 10.6. The van der Waals surface area contributed by atoms with E-state index >= 15 is 0 Å². The standard InChI is InChI=1S/C22H26ClN3O4/c1-4-20(27)26-12-10-25(11-13-26)17-9-8-15(23)14-16(17)24-22(28)21-18(29-2)6-5-7-19(21)30-3/h5-9,14H,4,10-13H2,1-3H3,(H,24,28). The van der Waals surface area contributed by atoms with Crippen LogP contribution in [0.3, 0.4) is 0 Å². The number of carbonyl (C=O) groups excluding carboxylic acids is 2. The van der Waals surface area contributed by atoms with Gasteiger partial charge in [0, 0.05) is 37.6 Å². The van der Waals surface area contributed by atoms with Crippen LogP contribution < -0.4 is 19.7 Å². The van der Waals surface area contributed by atoms with Gasteiger partial charge >= 0.3 is 0 Å². The zero-order valence-corrected chi connectivity index (χ0v) is 18.2. The average Bonchev–Trinajstić information content (AvgIpc) is 2.78. The van der Waals surface area contributed by atoms with Gasteiger partial charge in [0.05, 0.1) is 25.6 Å². The molecule has 2 aromatic carbocycles. The summed E-state index contributed by atoms with van der Waals surface area (Å²) in [5.74, 6) is 0.638. The van der Waals surface area contributed by atoms with Crippen molar-refractivity contribution in [3.8, 4) is 11.5 Å². The number of benzene rings is 2. The van der Waals surface area contributed by atoms with E-state index in [0.29, 0.717) is 60.4 Å². The van der Waals surface area contributed by atoms with Crippen molar-refractivity contribution >= 4 is 34.8 Å². The van der Waals surface area contributed by atoms with Gasteiger partial charge in [-0.2, -0.15) is 0 Å². The SMILES string of the molecule is CCC(=O)N1CCN(c2ccc(Cl)cc2NC(=O)c2c(OC)cccc2OC)CC1. The van der Waals surface area contributed by atoms with E-state index in [1.54, 1.807) is 30.3 Å². The quantitative estimate of drug-likeness (QED) is 0.755. The Hall–Kier alpha value is -2.93. The van der Waals surface area contributed by atoms with E-state index in [2.05, 4.69) is 10.2 Å². The van der Waals surface area contributed by atoms with Gasteiger partial charge in [-0.3, -0.25) is 9.59 Å². The molecule has 0 atom stereocenters. The minimum Gasteiger partial charge on any atom is -0.496 e. The Labute approximate surface area is 181 Å². The molecule has 1 N–H and O–H groups in total. The van der Waals surface area contributed by atoms with E-state index in [0.717, 1.165) is 5.69 Å². The number of nitrogens with one attached hydrogen (secondary N) is 1. The van der Waals surface area contributed by atoms with Crippen molar-refractivity contribution < 1.29 is 19.1 Å². The van der Waals surface area contributed by atoms with Crippen LogP contribution >= 0.6 is 11.6 Å². The largest absolute Gasteiger partial charge is 0.496 e. The third-order valence-electron chi connectivity index (χ3n) is 5.14. The summed E-state index contributed by atoms with van der Waals surface area (Å²) in [5, 5.41) is 3.47. The highest BCUT2D eigenvalue weighted by Crippen LogP contribution is 2.33. The molecule has 0 spiro atoms. The van der Waals surface area contributed by atoms with Crippen molar-refractivity contribution in [3.63, 3.8) is 0 Å². The number of piperazine rings is 1. The highest BCUT2D eigenvalue weighted by molar-refractivity contribution is 6.31. The van der Waals surface area contributed by atoms with Crippen molar-refractivity contribution in [2.24, 2.45) is 0 Å². The molecule has 0 saturated carbocycles. The fraction of sp³-hybridized carbons (Fsp3) is 0.364. The molecule has 2 amide bonds. The summed E-state index contributed by atoms with van der Waals surface area (Å²) in [6.45, 7) is 4.50. The van der Waals surface area contributed by atoms with Crippen LogP contribution in [0.1, 0.15) is 23.7 Å². The summed E-state index contributed by atoms with van der Waals surface area (Å²) in [6.07, 6.45) is 0.503. The molecule has 7 nitrogen and oxygen atoms in total. The van der Waals surface area contributed by atoms with Crippen LogP contribution in [-0.2, 0) is 4.79 Å². The highest BCUT2D eigenvalue weighted by Gasteiger charge is 2.24. The fourth-order valence-corrected chi connectivity index (χ4v) is 3.74. The Morgan fingerprint density at radius 3 is 2.23 bits per heavy atom. The molecule has 1 saturated heterocycles. The lowest BCUT2D eigenvalue weighted by Gasteiger charge is -2.37. The number of halogens is 1. The van der Waals surface area contributed by atoms with Crippen LogP contribution in [0.15, 0.2) is 36.4 Å².